The number of carbonyl (C=O) groups excluding carboxylic acids is 1. The van der Waals surface area contributed by atoms with Gasteiger partial charge in [-0.2, -0.15) is 5.10 Å². The molecular weight excluding hydrogens is 278 g/mol. The van der Waals surface area contributed by atoms with E-state index in [0.717, 1.165) is 5.69 Å². The molecule has 0 radical (unpaired) electrons. The van der Waals surface area contributed by atoms with E-state index < -0.39 is 0 Å². The first-order valence-electron chi connectivity index (χ1n) is 6.55. The molecule has 0 atom stereocenters. The fourth-order valence-corrected chi connectivity index (χ4v) is 3.02. The summed E-state index contributed by atoms with van der Waals surface area (Å²) in [5.41, 5.74) is 1.09. The molecule has 20 heavy (non-hydrogen) atoms. The second-order valence-corrected chi connectivity index (χ2v) is 5.77. The number of aromatic amines is 1. The molecule has 0 saturated heterocycles. The van der Waals surface area contributed by atoms with E-state index in [0.29, 0.717) is 41.3 Å². The van der Waals surface area contributed by atoms with Gasteiger partial charge in [-0.1, -0.05) is 0 Å². The molecule has 1 saturated carbocycles. The Balaban J connectivity index is 1.53. The number of anilines is 1. The van der Waals surface area contributed by atoms with Crippen LogP contribution in [0.5, 0.6) is 11.5 Å². The minimum atomic E-state index is -0.212. The lowest BCUT2D eigenvalue weighted by Gasteiger charge is -2.15. The first-order valence-corrected chi connectivity index (χ1v) is 7.43. The molecular formula is C13H13N3O3S. The molecule has 2 aromatic heterocycles. The van der Waals surface area contributed by atoms with Crippen molar-refractivity contribution in [2.24, 2.45) is 0 Å². The summed E-state index contributed by atoms with van der Waals surface area (Å²) in [5.74, 6) is 2.11. The summed E-state index contributed by atoms with van der Waals surface area (Å²) in [5, 5.41) is 11.7. The lowest BCUT2D eigenvalue weighted by Crippen LogP contribution is -2.17. The first kappa shape index (κ1) is 11.8. The summed E-state index contributed by atoms with van der Waals surface area (Å²) >= 11 is 1.32. The SMILES string of the molecule is O=C(Nc1cc(C2CC2)[nH]n1)c1scc2c1OCCO2. The normalized spacial score (nSPS) is 17.0. The molecule has 2 aliphatic rings. The van der Waals surface area contributed by atoms with Gasteiger partial charge in [-0.3, -0.25) is 9.89 Å². The fourth-order valence-electron chi connectivity index (χ4n) is 2.20. The number of H-pyrrole nitrogens is 1. The maximum atomic E-state index is 12.3. The van der Waals surface area contributed by atoms with Gasteiger partial charge in [0.1, 0.15) is 18.1 Å². The van der Waals surface area contributed by atoms with Crippen molar-refractivity contribution in [1.82, 2.24) is 10.2 Å². The van der Waals surface area contributed by atoms with Crippen LogP contribution in [0.25, 0.3) is 0 Å². The van der Waals surface area contributed by atoms with Crippen molar-refractivity contribution in [1.29, 1.82) is 0 Å². The predicted molar refractivity (Wildman–Crippen MR) is 73.8 cm³/mol. The largest absolute Gasteiger partial charge is 0.485 e. The number of nitrogens with zero attached hydrogens (tertiary/aromatic N) is 1. The number of hydrogen-bond donors (Lipinski definition) is 2. The topological polar surface area (TPSA) is 76.2 Å². The summed E-state index contributed by atoms with van der Waals surface area (Å²) in [6.45, 7) is 0.993. The number of ether oxygens (including phenoxy) is 2. The van der Waals surface area contributed by atoms with E-state index in [1.165, 1.54) is 24.2 Å². The van der Waals surface area contributed by atoms with Gasteiger partial charge in [-0.25, -0.2) is 0 Å². The Morgan fingerprint density at radius 1 is 1.40 bits per heavy atom. The van der Waals surface area contributed by atoms with Crippen LogP contribution in [-0.4, -0.2) is 29.3 Å². The lowest BCUT2D eigenvalue weighted by molar-refractivity contribution is 0.102. The molecule has 2 aromatic rings. The van der Waals surface area contributed by atoms with Crippen LogP contribution < -0.4 is 14.8 Å². The Morgan fingerprint density at radius 2 is 2.25 bits per heavy atom. The minimum absolute atomic E-state index is 0.212. The molecule has 2 N–H and O–H groups in total. The van der Waals surface area contributed by atoms with E-state index in [9.17, 15) is 4.79 Å². The molecule has 0 bridgehead atoms. The van der Waals surface area contributed by atoms with Gasteiger partial charge in [0.25, 0.3) is 5.91 Å². The summed E-state index contributed by atoms with van der Waals surface area (Å²) in [4.78, 5) is 12.8. The summed E-state index contributed by atoms with van der Waals surface area (Å²) in [7, 11) is 0. The van der Waals surface area contributed by atoms with Gasteiger partial charge >= 0.3 is 0 Å². The van der Waals surface area contributed by atoms with E-state index in [1.807, 2.05) is 6.07 Å². The van der Waals surface area contributed by atoms with E-state index in [4.69, 9.17) is 9.47 Å². The Bertz CT molecular complexity index is 660. The van der Waals surface area contributed by atoms with Crippen molar-refractivity contribution < 1.29 is 14.3 Å². The zero-order valence-electron chi connectivity index (χ0n) is 10.6. The van der Waals surface area contributed by atoms with Gasteiger partial charge in [0, 0.05) is 23.1 Å². The van der Waals surface area contributed by atoms with Crippen molar-refractivity contribution in [3.05, 3.63) is 22.0 Å². The van der Waals surface area contributed by atoms with Gasteiger partial charge in [-0.15, -0.1) is 11.3 Å². The molecule has 1 fully saturated rings. The third-order valence-corrected chi connectivity index (χ3v) is 4.30. The highest BCUT2D eigenvalue weighted by molar-refractivity contribution is 7.13. The second kappa shape index (κ2) is 4.52. The number of hydrogen-bond acceptors (Lipinski definition) is 5. The zero-order valence-corrected chi connectivity index (χ0v) is 11.5. The molecule has 0 spiro atoms. The number of carbonyl (C=O) groups is 1. The van der Waals surface area contributed by atoms with E-state index in [1.54, 1.807) is 5.38 Å². The highest BCUT2D eigenvalue weighted by Crippen LogP contribution is 2.41. The summed E-state index contributed by atoms with van der Waals surface area (Å²) < 4.78 is 10.9. The molecule has 7 heteroatoms. The van der Waals surface area contributed by atoms with E-state index in [-0.39, 0.29) is 5.91 Å². The monoisotopic (exact) mass is 291 g/mol. The number of amides is 1. The van der Waals surface area contributed by atoms with Gasteiger partial charge < -0.3 is 14.8 Å². The third kappa shape index (κ3) is 2.03. The highest BCUT2D eigenvalue weighted by Gasteiger charge is 2.27. The van der Waals surface area contributed by atoms with Crippen molar-refractivity contribution in [3.63, 3.8) is 0 Å². The number of nitrogens with one attached hydrogen (secondary N) is 2. The smallest absolute Gasteiger partial charge is 0.270 e. The standard InChI is InChI=1S/C13H13N3O3S/c17-13(12-11-9(6-20-12)18-3-4-19-11)14-10-5-8(15-16-10)7-1-2-7/h5-7H,1-4H2,(H2,14,15,16,17). The average molecular weight is 291 g/mol. The van der Waals surface area contributed by atoms with Crippen molar-refractivity contribution in [3.8, 4) is 11.5 Å². The van der Waals surface area contributed by atoms with E-state index in [2.05, 4.69) is 15.5 Å². The van der Waals surface area contributed by atoms with Crippen LogP contribution in [0.3, 0.4) is 0 Å². The number of rotatable bonds is 3. The number of thiophene rings is 1. The summed E-state index contributed by atoms with van der Waals surface area (Å²) in [6.07, 6.45) is 2.39. The molecule has 1 aliphatic heterocycles. The van der Waals surface area contributed by atoms with Crippen molar-refractivity contribution in [2.45, 2.75) is 18.8 Å². The van der Waals surface area contributed by atoms with E-state index >= 15 is 0 Å². The molecule has 0 aromatic carbocycles. The number of fused-ring (bicyclic) bond motifs is 1. The Hall–Kier alpha value is -2.02. The van der Waals surface area contributed by atoms with Crippen LogP contribution in [0.1, 0.15) is 34.1 Å². The molecule has 1 aliphatic carbocycles. The molecule has 3 heterocycles. The molecule has 6 nitrogen and oxygen atoms in total. The van der Waals surface area contributed by atoms with Crippen LogP contribution in [-0.2, 0) is 0 Å². The minimum Gasteiger partial charge on any atom is -0.485 e. The quantitative estimate of drug-likeness (QED) is 0.910. The molecule has 4 rings (SSSR count). The van der Waals surface area contributed by atoms with Crippen LogP contribution in [0.15, 0.2) is 11.4 Å². The average Bonchev–Trinajstić information content (AvgIpc) is 3.06. The maximum absolute atomic E-state index is 12.3. The fraction of sp³-hybridized carbons (Fsp3) is 0.385. The third-order valence-electron chi connectivity index (χ3n) is 3.36. The lowest BCUT2D eigenvalue weighted by atomic mass is 10.3. The van der Waals surface area contributed by atoms with Gasteiger partial charge in [0.05, 0.1) is 0 Å². The predicted octanol–water partition coefficient (Wildman–Crippen LogP) is 2.37. The second-order valence-electron chi connectivity index (χ2n) is 4.89. The van der Waals surface area contributed by atoms with Crippen molar-refractivity contribution in [2.75, 3.05) is 18.5 Å². The first-order chi connectivity index (χ1) is 9.81. The number of aromatic nitrogens is 2. The van der Waals surface area contributed by atoms with Gasteiger partial charge in [0.2, 0.25) is 0 Å². The Labute approximate surface area is 119 Å². The van der Waals surface area contributed by atoms with Crippen LogP contribution >= 0.6 is 11.3 Å². The van der Waals surface area contributed by atoms with Crippen LogP contribution in [0, 0.1) is 0 Å². The Kier molecular flexibility index (Phi) is 2.66. The zero-order chi connectivity index (χ0) is 13.5. The molecule has 1 amide bonds. The van der Waals surface area contributed by atoms with Crippen LogP contribution in [0.4, 0.5) is 5.82 Å². The molecule has 0 unspecified atom stereocenters. The van der Waals surface area contributed by atoms with Gasteiger partial charge in [-0.05, 0) is 12.8 Å². The Morgan fingerprint density at radius 3 is 3.10 bits per heavy atom. The summed E-state index contributed by atoms with van der Waals surface area (Å²) in [6, 6.07) is 1.90. The molecule has 104 valence electrons. The maximum Gasteiger partial charge on any atom is 0.270 e. The van der Waals surface area contributed by atoms with Crippen LogP contribution in [0.2, 0.25) is 0 Å². The van der Waals surface area contributed by atoms with Crippen molar-refractivity contribution >= 4 is 23.1 Å². The van der Waals surface area contributed by atoms with Gasteiger partial charge in [0.15, 0.2) is 17.3 Å². The highest BCUT2D eigenvalue weighted by atomic mass is 32.1.